The average molecular weight is 449 g/mol. The van der Waals surface area contributed by atoms with Crippen LogP contribution in [0, 0.1) is 5.82 Å². The molecule has 2 aromatic heterocycles. The van der Waals surface area contributed by atoms with E-state index in [0.717, 1.165) is 10.8 Å². The highest BCUT2D eigenvalue weighted by molar-refractivity contribution is 9.10. The summed E-state index contributed by atoms with van der Waals surface area (Å²) < 4.78 is 22.0. The smallest absolute Gasteiger partial charge is 0.196 e. The second-order valence-electron chi connectivity index (χ2n) is 6.36. The molecule has 27 heavy (non-hydrogen) atoms. The first kappa shape index (κ1) is 18.4. The molecule has 0 unspecified atom stereocenters. The standard InChI is InChI=1S/C19H18BrFN4OS/c20-13-8-14(21)10-16(9-13)26-12-18-23-24-19(27-17-5-1-2-6-17)25(18)15-4-3-7-22-11-15/h3-4,7-11,17H,1-2,5-6,12H2. The molecule has 0 amide bonds. The SMILES string of the molecule is Fc1cc(Br)cc(OCc2nnc(SC3CCCC3)n2-c2cccnc2)c1. The van der Waals surface area contributed by atoms with Crippen molar-refractivity contribution in [3.8, 4) is 11.4 Å². The number of ether oxygens (including phenoxy) is 1. The third-order valence-electron chi connectivity index (χ3n) is 4.38. The zero-order chi connectivity index (χ0) is 18.6. The van der Waals surface area contributed by atoms with E-state index in [1.165, 1.54) is 37.8 Å². The molecular formula is C19H18BrFN4OS. The van der Waals surface area contributed by atoms with E-state index >= 15 is 0 Å². The lowest BCUT2D eigenvalue weighted by molar-refractivity contribution is 0.291. The number of rotatable bonds is 6. The Labute approximate surface area is 169 Å². The fourth-order valence-electron chi connectivity index (χ4n) is 3.13. The van der Waals surface area contributed by atoms with Crippen molar-refractivity contribution in [2.45, 2.75) is 42.7 Å². The zero-order valence-corrected chi connectivity index (χ0v) is 16.9. The number of halogens is 2. The molecule has 0 spiro atoms. The summed E-state index contributed by atoms with van der Waals surface area (Å²) in [4.78, 5) is 4.21. The van der Waals surface area contributed by atoms with E-state index in [0.29, 0.717) is 21.3 Å². The molecule has 1 saturated carbocycles. The first-order chi connectivity index (χ1) is 13.2. The Morgan fingerprint density at radius 2 is 2.07 bits per heavy atom. The van der Waals surface area contributed by atoms with Crippen LogP contribution in [0.2, 0.25) is 0 Å². The Bertz CT molecular complexity index is 895. The van der Waals surface area contributed by atoms with Gasteiger partial charge in [0, 0.05) is 22.0 Å². The first-order valence-electron chi connectivity index (χ1n) is 8.79. The Morgan fingerprint density at radius 1 is 1.22 bits per heavy atom. The van der Waals surface area contributed by atoms with Crippen LogP contribution in [0.5, 0.6) is 5.75 Å². The highest BCUT2D eigenvalue weighted by Gasteiger charge is 2.22. The molecule has 0 atom stereocenters. The maximum Gasteiger partial charge on any atom is 0.196 e. The molecule has 1 aliphatic carbocycles. The lowest BCUT2D eigenvalue weighted by Gasteiger charge is -2.13. The number of nitrogens with zero attached hydrogens (tertiary/aromatic N) is 4. The number of hydrogen-bond donors (Lipinski definition) is 0. The van der Waals surface area contributed by atoms with Gasteiger partial charge in [0.2, 0.25) is 0 Å². The van der Waals surface area contributed by atoms with Gasteiger partial charge in [-0.2, -0.15) is 0 Å². The summed E-state index contributed by atoms with van der Waals surface area (Å²) in [6, 6.07) is 8.32. The summed E-state index contributed by atoms with van der Waals surface area (Å²) in [5, 5.41) is 10.1. The Kier molecular flexibility index (Phi) is 5.73. The molecule has 2 heterocycles. The van der Waals surface area contributed by atoms with Crippen molar-refractivity contribution < 1.29 is 9.13 Å². The van der Waals surface area contributed by atoms with Crippen LogP contribution in [0.1, 0.15) is 31.5 Å². The van der Waals surface area contributed by atoms with Crippen LogP contribution in [-0.2, 0) is 6.61 Å². The van der Waals surface area contributed by atoms with E-state index in [-0.39, 0.29) is 12.4 Å². The molecule has 1 aliphatic rings. The van der Waals surface area contributed by atoms with Gasteiger partial charge in [-0.3, -0.25) is 9.55 Å². The first-order valence-corrected chi connectivity index (χ1v) is 10.5. The van der Waals surface area contributed by atoms with E-state index in [9.17, 15) is 4.39 Å². The molecule has 1 aromatic carbocycles. The third-order valence-corrected chi connectivity index (χ3v) is 6.12. The van der Waals surface area contributed by atoms with Gasteiger partial charge in [-0.15, -0.1) is 10.2 Å². The van der Waals surface area contributed by atoms with Crippen LogP contribution in [0.15, 0.2) is 52.4 Å². The second-order valence-corrected chi connectivity index (χ2v) is 8.55. The van der Waals surface area contributed by atoms with E-state index < -0.39 is 0 Å². The molecule has 140 valence electrons. The van der Waals surface area contributed by atoms with E-state index in [2.05, 4.69) is 31.1 Å². The minimum Gasteiger partial charge on any atom is -0.485 e. The third kappa shape index (κ3) is 4.50. The van der Waals surface area contributed by atoms with Crippen molar-refractivity contribution >= 4 is 27.7 Å². The van der Waals surface area contributed by atoms with Crippen LogP contribution in [-0.4, -0.2) is 25.0 Å². The van der Waals surface area contributed by atoms with Crippen molar-refractivity contribution in [3.05, 3.63) is 58.8 Å². The van der Waals surface area contributed by atoms with Crippen molar-refractivity contribution in [2.75, 3.05) is 0 Å². The molecule has 0 bridgehead atoms. The van der Waals surface area contributed by atoms with Gasteiger partial charge in [-0.25, -0.2) is 4.39 Å². The highest BCUT2D eigenvalue weighted by Crippen LogP contribution is 2.35. The Morgan fingerprint density at radius 3 is 2.81 bits per heavy atom. The molecule has 8 heteroatoms. The van der Waals surface area contributed by atoms with Gasteiger partial charge in [0.15, 0.2) is 11.0 Å². The monoisotopic (exact) mass is 448 g/mol. The molecule has 0 aliphatic heterocycles. The quantitative estimate of drug-likeness (QED) is 0.519. The van der Waals surface area contributed by atoms with Crippen molar-refractivity contribution in [2.24, 2.45) is 0 Å². The maximum absolute atomic E-state index is 13.6. The topological polar surface area (TPSA) is 52.8 Å². The van der Waals surface area contributed by atoms with E-state index in [4.69, 9.17) is 4.74 Å². The van der Waals surface area contributed by atoms with Crippen LogP contribution in [0.3, 0.4) is 0 Å². The van der Waals surface area contributed by atoms with Crippen LogP contribution in [0.4, 0.5) is 4.39 Å². The molecular weight excluding hydrogens is 431 g/mol. The lowest BCUT2D eigenvalue weighted by Crippen LogP contribution is -2.08. The normalized spacial score (nSPS) is 14.6. The number of hydrogen-bond acceptors (Lipinski definition) is 5. The minimum atomic E-state index is -0.356. The predicted octanol–water partition coefficient (Wildman–Crippen LogP) is 5.18. The fraction of sp³-hybridized carbons (Fsp3) is 0.316. The van der Waals surface area contributed by atoms with Crippen LogP contribution >= 0.6 is 27.7 Å². The predicted molar refractivity (Wildman–Crippen MR) is 106 cm³/mol. The molecule has 0 N–H and O–H groups in total. The van der Waals surface area contributed by atoms with Gasteiger partial charge in [0.25, 0.3) is 0 Å². The summed E-state index contributed by atoms with van der Waals surface area (Å²) in [6.45, 7) is 0.184. The van der Waals surface area contributed by atoms with Gasteiger partial charge >= 0.3 is 0 Å². The van der Waals surface area contributed by atoms with Gasteiger partial charge < -0.3 is 4.74 Å². The molecule has 5 nitrogen and oxygen atoms in total. The van der Waals surface area contributed by atoms with E-state index in [1.54, 1.807) is 30.2 Å². The summed E-state index contributed by atoms with van der Waals surface area (Å²) in [5.74, 6) is 0.738. The minimum absolute atomic E-state index is 0.184. The number of aromatic nitrogens is 4. The maximum atomic E-state index is 13.6. The van der Waals surface area contributed by atoms with Gasteiger partial charge in [-0.1, -0.05) is 40.5 Å². The van der Waals surface area contributed by atoms with Gasteiger partial charge in [0.05, 0.1) is 11.9 Å². The summed E-state index contributed by atoms with van der Waals surface area (Å²) in [5.41, 5.74) is 0.891. The fourth-order valence-corrected chi connectivity index (χ4v) is 4.85. The summed E-state index contributed by atoms with van der Waals surface area (Å²) in [7, 11) is 0. The van der Waals surface area contributed by atoms with Crippen molar-refractivity contribution in [1.82, 2.24) is 19.7 Å². The van der Waals surface area contributed by atoms with Crippen molar-refractivity contribution in [3.63, 3.8) is 0 Å². The van der Waals surface area contributed by atoms with E-state index in [1.807, 2.05) is 16.7 Å². The average Bonchev–Trinajstić information content (AvgIpc) is 3.30. The lowest BCUT2D eigenvalue weighted by atomic mass is 10.3. The number of thioether (sulfide) groups is 1. The van der Waals surface area contributed by atoms with Crippen LogP contribution < -0.4 is 4.74 Å². The van der Waals surface area contributed by atoms with Gasteiger partial charge in [0.1, 0.15) is 18.2 Å². The second kappa shape index (κ2) is 8.39. The Hall–Kier alpha value is -1.93. The largest absolute Gasteiger partial charge is 0.485 e. The molecule has 1 fully saturated rings. The highest BCUT2D eigenvalue weighted by atomic mass is 79.9. The number of benzene rings is 1. The summed E-state index contributed by atoms with van der Waals surface area (Å²) in [6.07, 6.45) is 8.45. The number of pyridine rings is 1. The van der Waals surface area contributed by atoms with Gasteiger partial charge in [-0.05, 0) is 37.1 Å². The molecule has 0 saturated heterocycles. The molecule has 0 radical (unpaired) electrons. The zero-order valence-electron chi connectivity index (χ0n) is 14.5. The summed E-state index contributed by atoms with van der Waals surface area (Å²) >= 11 is 5.04. The van der Waals surface area contributed by atoms with Crippen molar-refractivity contribution in [1.29, 1.82) is 0 Å². The molecule has 3 aromatic rings. The van der Waals surface area contributed by atoms with Crippen LogP contribution in [0.25, 0.3) is 5.69 Å². The molecule has 4 rings (SSSR count). The Balaban J connectivity index is 1.60.